The van der Waals surface area contributed by atoms with Crippen molar-refractivity contribution in [2.45, 2.75) is 39.2 Å². The van der Waals surface area contributed by atoms with Crippen LogP contribution in [0.3, 0.4) is 0 Å². The zero-order chi connectivity index (χ0) is 18.6. The van der Waals surface area contributed by atoms with Crippen LogP contribution in [-0.2, 0) is 6.54 Å². The summed E-state index contributed by atoms with van der Waals surface area (Å²) in [4.78, 5) is 27.6. The normalized spacial score (nSPS) is 15.1. The second-order valence-electron chi connectivity index (χ2n) is 6.71. The summed E-state index contributed by atoms with van der Waals surface area (Å²) in [5.41, 5.74) is 1.27. The first-order chi connectivity index (χ1) is 13.2. The molecule has 9 heteroatoms. The molecule has 0 atom stereocenters. The predicted molar refractivity (Wildman–Crippen MR) is 105 cm³/mol. The van der Waals surface area contributed by atoms with Crippen LogP contribution >= 0.6 is 11.3 Å². The van der Waals surface area contributed by atoms with Crippen LogP contribution in [0.4, 0.5) is 5.82 Å². The van der Waals surface area contributed by atoms with Crippen molar-refractivity contribution < 1.29 is 4.79 Å². The van der Waals surface area contributed by atoms with E-state index in [9.17, 15) is 4.79 Å². The molecule has 0 saturated carbocycles. The highest BCUT2D eigenvalue weighted by atomic mass is 32.1. The Bertz CT molecular complexity index is 927. The van der Waals surface area contributed by atoms with Crippen molar-refractivity contribution in [3.05, 3.63) is 28.6 Å². The highest BCUT2D eigenvalue weighted by Gasteiger charge is 2.17. The SMILES string of the molecule is Cc1nc(C(=O)NCCn2ncc3c(N4CCCCCC4)ncnc32)cs1. The number of hydrogen-bond acceptors (Lipinski definition) is 7. The van der Waals surface area contributed by atoms with Gasteiger partial charge in [-0.05, 0) is 19.8 Å². The number of anilines is 1. The van der Waals surface area contributed by atoms with Crippen molar-refractivity contribution >= 4 is 34.1 Å². The Morgan fingerprint density at radius 2 is 2.04 bits per heavy atom. The monoisotopic (exact) mass is 385 g/mol. The largest absolute Gasteiger partial charge is 0.356 e. The van der Waals surface area contributed by atoms with Crippen molar-refractivity contribution in [1.29, 1.82) is 0 Å². The molecular formula is C18H23N7OS. The first-order valence-corrected chi connectivity index (χ1v) is 10.2. The number of carbonyl (C=O) groups is 1. The van der Waals surface area contributed by atoms with E-state index >= 15 is 0 Å². The van der Waals surface area contributed by atoms with E-state index in [1.807, 2.05) is 17.8 Å². The van der Waals surface area contributed by atoms with Gasteiger partial charge in [-0.15, -0.1) is 11.3 Å². The molecule has 1 N–H and O–H groups in total. The zero-order valence-electron chi connectivity index (χ0n) is 15.4. The molecule has 0 spiro atoms. The number of rotatable bonds is 5. The highest BCUT2D eigenvalue weighted by molar-refractivity contribution is 7.09. The van der Waals surface area contributed by atoms with Crippen LogP contribution in [-0.4, -0.2) is 50.3 Å². The van der Waals surface area contributed by atoms with Crippen LogP contribution in [0.15, 0.2) is 17.9 Å². The maximum atomic E-state index is 12.1. The Labute approximate surface area is 161 Å². The molecule has 1 aliphatic rings. The molecule has 27 heavy (non-hydrogen) atoms. The number of thiazole rings is 1. The third kappa shape index (κ3) is 3.92. The minimum absolute atomic E-state index is 0.157. The molecule has 0 aromatic carbocycles. The van der Waals surface area contributed by atoms with E-state index < -0.39 is 0 Å². The second-order valence-corrected chi connectivity index (χ2v) is 7.77. The van der Waals surface area contributed by atoms with E-state index in [0.717, 1.165) is 34.9 Å². The smallest absolute Gasteiger partial charge is 0.270 e. The Balaban J connectivity index is 1.45. The second kappa shape index (κ2) is 7.99. The first kappa shape index (κ1) is 17.8. The summed E-state index contributed by atoms with van der Waals surface area (Å²) in [5.74, 6) is 0.811. The third-order valence-corrected chi connectivity index (χ3v) is 5.55. The number of nitrogens with zero attached hydrogens (tertiary/aromatic N) is 6. The molecule has 3 aromatic heterocycles. The summed E-state index contributed by atoms with van der Waals surface area (Å²) in [6.45, 7) is 4.96. The lowest BCUT2D eigenvalue weighted by molar-refractivity contribution is 0.0947. The number of aromatic nitrogens is 5. The zero-order valence-corrected chi connectivity index (χ0v) is 16.2. The van der Waals surface area contributed by atoms with Gasteiger partial charge in [0.15, 0.2) is 5.65 Å². The fourth-order valence-corrected chi connectivity index (χ4v) is 4.01. The van der Waals surface area contributed by atoms with Crippen molar-refractivity contribution in [2.24, 2.45) is 0 Å². The van der Waals surface area contributed by atoms with E-state index in [1.165, 1.54) is 37.0 Å². The van der Waals surface area contributed by atoms with Crippen LogP contribution in [0.1, 0.15) is 41.2 Å². The molecule has 1 aliphatic heterocycles. The Kier molecular flexibility index (Phi) is 5.28. The van der Waals surface area contributed by atoms with Crippen molar-refractivity contribution in [2.75, 3.05) is 24.5 Å². The molecule has 1 amide bonds. The molecule has 0 radical (unpaired) electrons. The first-order valence-electron chi connectivity index (χ1n) is 9.34. The lowest BCUT2D eigenvalue weighted by Crippen LogP contribution is -2.28. The van der Waals surface area contributed by atoms with Crippen LogP contribution in [0.5, 0.6) is 0 Å². The number of carbonyl (C=O) groups excluding carboxylic acids is 1. The molecule has 0 bridgehead atoms. The number of aryl methyl sites for hydroxylation is 1. The Hall–Kier alpha value is -2.55. The van der Waals surface area contributed by atoms with E-state index in [-0.39, 0.29) is 5.91 Å². The van der Waals surface area contributed by atoms with Gasteiger partial charge in [-0.2, -0.15) is 5.10 Å². The molecular weight excluding hydrogens is 362 g/mol. The van der Waals surface area contributed by atoms with Gasteiger partial charge < -0.3 is 10.2 Å². The van der Waals surface area contributed by atoms with Crippen LogP contribution < -0.4 is 10.2 Å². The van der Waals surface area contributed by atoms with Gasteiger partial charge >= 0.3 is 0 Å². The van der Waals surface area contributed by atoms with Crippen LogP contribution in [0.2, 0.25) is 0 Å². The summed E-state index contributed by atoms with van der Waals surface area (Å²) in [6.07, 6.45) is 8.40. The quantitative estimate of drug-likeness (QED) is 0.725. The molecule has 4 heterocycles. The molecule has 4 rings (SSSR count). The van der Waals surface area contributed by atoms with Gasteiger partial charge in [-0.25, -0.2) is 19.6 Å². The van der Waals surface area contributed by atoms with E-state index in [0.29, 0.717) is 18.8 Å². The van der Waals surface area contributed by atoms with Crippen molar-refractivity contribution in [3.8, 4) is 0 Å². The summed E-state index contributed by atoms with van der Waals surface area (Å²) in [7, 11) is 0. The minimum Gasteiger partial charge on any atom is -0.356 e. The average Bonchev–Trinajstić information content (AvgIpc) is 3.19. The molecule has 8 nitrogen and oxygen atoms in total. The molecule has 1 fully saturated rings. The average molecular weight is 385 g/mol. The summed E-state index contributed by atoms with van der Waals surface area (Å²) in [5, 5.41) is 11.0. The minimum atomic E-state index is -0.157. The molecule has 1 saturated heterocycles. The standard InChI is InChI=1S/C18H23N7OS/c1-13-23-15(11-27-13)18(26)19-6-9-25-17-14(10-22-25)16(20-12-21-17)24-7-4-2-3-5-8-24/h10-12H,2-9H2,1H3,(H,19,26). The fourth-order valence-electron chi connectivity index (χ4n) is 3.41. The number of hydrogen-bond donors (Lipinski definition) is 1. The maximum absolute atomic E-state index is 12.1. The van der Waals surface area contributed by atoms with E-state index in [2.05, 4.69) is 30.3 Å². The number of nitrogens with one attached hydrogen (secondary N) is 1. The Morgan fingerprint density at radius 1 is 1.22 bits per heavy atom. The Morgan fingerprint density at radius 3 is 2.78 bits per heavy atom. The third-order valence-electron chi connectivity index (χ3n) is 4.78. The molecule has 0 unspecified atom stereocenters. The number of amides is 1. The lowest BCUT2D eigenvalue weighted by atomic mass is 10.2. The van der Waals surface area contributed by atoms with Gasteiger partial charge in [0.25, 0.3) is 5.91 Å². The number of fused-ring (bicyclic) bond motifs is 1. The van der Waals surface area contributed by atoms with Crippen molar-refractivity contribution in [1.82, 2.24) is 30.0 Å². The van der Waals surface area contributed by atoms with Gasteiger partial charge in [0, 0.05) is 25.0 Å². The predicted octanol–water partition coefficient (Wildman–Crippen LogP) is 2.40. The topological polar surface area (TPSA) is 88.8 Å². The summed E-state index contributed by atoms with van der Waals surface area (Å²) >= 11 is 1.47. The van der Waals surface area contributed by atoms with Crippen LogP contribution in [0.25, 0.3) is 11.0 Å². The van der Waals surface area contributed by atoms with Gasteiger partial charge in [0.1, 0.15) is 17.8 Å². The van der Waals surface area contributed by atoms with Gasteiger partial charge in [0.05, 0.1) is 23.1 Å². The van der Waals surface area contributed by atoms with Gasteiger partial charge in [-0.1, -0.05) is 12.8 Å². The highest BCUT2D eigenvalue weighted by Crippen LogP contribution is 2.25. The summed E-state index contributed by atoms with van der Waals surface area (Å²) in [6, 6.07) is 0. The lowest BCUT2D eigenvalue weighted by Gasteiger charge is -2.21. The van der Waals surface area contributed by atoms with E-state index in [1.54, 1.807) is 11.7 Å². The van der Waals surface area contributed by atoms with Gasteiger partial charge in [0.2, 0.25) is 0 Å². The fraction of sp³-hybridized carbons (Fsp3) is 0.500. The maximum Gasteiger partial charge on any atom is 0.270 e. The van der Waals surface area contributed by atoms with E-state index in [4.69, 9.17) is 0 Å². The van der Waals surface area contributed by atoms with Crippen molar-refractivity contribution in [3.63, 3.8) is 0 Å². The summed E-state index contributed by atoms with van der Waals surface area (Å²) < 4.78 is 1.82. The van der Waals surface area contributed by atoms with Crippen LogP contribution in [0, 0.1) is 6.92 Å². The van der Waals surface area contributed by atoms with Gasteiger partial charge in [-0.3, -0.25) is 4.79 Å². The molecule has 142 valence electrons. The molecule has 3 aromatic rings. The molecule has 0 aliphatic carbocycles.